The summed E-state index contributed by atoms with van der Waals surface area (Å²) in [4.78, 5) is 13.5. The SMILES string of the molecule is O=C(O)CC(O)c1c[nH]c2ccccc12. The van der Waals surface area contributed by atoms with Gasteiger partial charge in [-0.15, -0.1) is 0 Å². The number of benzene rings is 1. The molecular weight excluding hydrogens is 194 g/mol. The summed E-state index contributed by atoms with van der Waals surface area (Å²) in [7, 11) is 0. The molecule has 0 radical (unpaired) electrons. The maximum absolute atomic E-state index is 10.5. The molecular formula is C11H11NO3. The van der Waals surface area contributed by atoms with Gasteiger partial charge < -0.3 is 15.2 Å². The molecule has 0 aliphatic rings. The van der Waals surface area contributed by atoms with E-state index in [1.165, 1.54) is 0 Å². The summed E-state index contributed by atoms with van der Waals surface area (Å²) in [5.41, 5.74) is 1.53. The number of aromatic amines is 1. The molecule has 0 spiro atoms. The van der Waals surface area contributed by atoms with E-state index < -0.39 is 12.1 Å². The molecule has 1 atom stereocenters. The Morgan fingerprint density at radius 1 is 1.40 bits per heavy atom. The Labute approximate surface area is 86.2 Å². The average molecular weight is 205 g/mol. The van der Waals surface area contributed by atoms with Crippen LogP contribution in [-0.4, -0.2) is 21.2 Å². The Morgan fingerprint density at radius 3 is 2.87 bits per heavy atom. The summed E-state index contributed by atoms with van der Waals surface area (Å²) in [6.07, 6.45) is 0.416. The molecule has 1 unspecified atom stereocenters. The fourth-order valence-electron chi connectivity index (χ4n) is 1.65. The van der Waals surface area contributed by atoms with E-state index in [0.717, 1.165) is 10.9 Å². The van der Waals surface area contributed by atoms with Crippen LogP contribution in [0.5, 0.6) is 0 Å². The number of H-pyrrole nitrogens is 1. The fraction of sp³-hybridized carbons (Fsp3) is 0.182. The Bertz CT molecular complexity index is 489. The van der Waals surface area contributed by atoms with E-state index in [2.05, 4.69) is 4.98 Å². The van der Waals surface area contributed by atoms with Crippen LogP contribution in [0.25, 0.3) is 10.9 Å². The number of nitrogens with one attached hydrogen (secondary N) is 1. The molecule has 2 rings (SSSR count). The number of rotatable bonds is 3. The van der Waals surface area contributed by atoms with Crippen LogP contribution in [-0.2, 0) is 4.79 Å². The van der Waals surface area contributed by atoms with E-state index in [4.69, 9.17) is 5.11 Å². The number of aliphatic hydroxyl groups excluding tert-OH is 1. The molecule has 78 valence electrons. The number of aliphatic hydroxyl groups is 1. The molecule has 2 aromatic rings. The van der Waals surface area contributed by atoms with Gasteiger partial charge in [0.2, 0.25) is 0 Å². The Kier molecular flexibility index (Phi) is 2.43. The van der Waals surface area contributed by atoms with E-state index >= 15 is 0 Å². The van der Waals surface area contributed by atoms with E-state index in [1.54, 1.807) is 6.20 Å². The smallest absolute Gasteiger partial charge is 0.306 e. The Balaban J connectivity index is 2.39. The summed E-state index contributed by atoms with van der Waals surface area (Å²) in [5.74, 6) is -1.01. The van der Waals surface area contributed by atoms with Gasteiger partial charge in [-0.05, 0) is 6.07 Å². The number of hydrogen-bond acceptors (Lipinski definition) is 2. The van der Waals surface area contributed by atoms with Crippen LogP contribution in [0.2, 0.25) is 0 Å². The highest BCUT2D eigenvalue weighted by molar-refractivity contribution is 5.84. The number of carboxylic acids is 1. The molecule has 0 saturated heterocycles. The van der Waals surface area contributed by atoms with Crippen LogP contribution >= 0.6 is 0 Å². The number of aromatic nitrogens is 1. The highest BCUT2D eigenvalue weighted by Gasteiger charge is 2.15. The molecule has 0 aliphatic carbocycles. The summed E-state index contributed by atoms with van der Waals surface area (Å²) in [6, 6.07) is 7.47. The monoisotopic (exact) mass is 205 g/mol. The molecule has 3 N–H and O–H groups in total. The largest absolute Gasteiger partial charge is 0.481 e. The first-order valence-electron chi connectivity index (χ1n) is 4.64. The molecule has 0 saturated carbocycles. The standard InChI is InChI=1S/C11H11NO3/c13-10(5-11(14)15)8-6-12-9-4-2-1-3-7(8)9/h1-4,6,10,12-13H,5H2,(H,14,15). The van der Waals surface area contributed by atoms with Gasteiger partial charge in [-0.25, -0.2) is 0 Å². The van der Waals surface area contributed by atoms with Gasteiger partial charge in [0.05, 0.1) is 12.5 Å². The quantitative estimate of drug-likeness (QED) is 0.713. The first kappa shape index (κ1) is 9.73. The third-order valence-electron chi connectivity index (χ3n) is 2.35. The van der Waals surface area contributed by atoms with Crippen molar-refractivity contribution in [2.45, 2.75) is 12.5 Å². The molecule has 0 amide bonds. The zero-order valence-electron chi connectivity index (χ0n) is 7.97. The van der Waals surface area contributed by atoms with Crippen molar-refractivity contribution in [1.29, 1.82) is 0 Å². The lowest BCUT2D eigenvalue weighted by Crippen LogP contribution is -2.04. The highest BCUT2D eigenvalue weighted by Crippen LogP contribution is 2.25. The molecule has 0 bridgehead atoms. The number of carbonyl (C=O) groups is 1. The van der Waals surface area contributed by atoms with Gasteiger partial charge in [-0.1, -0.05) is 18.2 Å². The maximum atomic E-state index is 10.5. The highest BCUT2D eigenvalue weighted by atomic mass is 16.4. The first-order chi connectivity index (χ1) is 7.18. The van der Waals surface area contributed by atoms with Gasteiger partial charge in [-0.3, -0.25) is 4.79 Å². The first-order valence-corrected chi connectivity index (χ1v) is 4.64. The van der Waals surface area contributed by atoms with Crippen molar-refractivity contribution in [3.05, 3.63) is 36.0 Å². The molecule has 4 nitrogen and oxygen atoms in total. The minimum Gasteiger partial charge on any atom is -0.481 e. The van der Waals surface area contributed by atoms with Crippen molar-refractivity contribution in [3.63, 3.8) is 0 Å². The lowest BCUT2D eigenvalue weighted by Gasteiger charge is -2.05. The van der Waals surface area contributed by atoms with Gasteiger partial charge in [0.15, 0.2) is 0 Å². The topological polar surface area (TPSA) is 73.3 Å². The minimum absolute atomic E-state index is 0.276. The predicted molar refractivity (Wildman–Crippen MR) is 55.5 cm³/mol. The second-order valence-corrected chi connectivity index (χ2v) is 3.40. The van der Waals surface area contributed by atoms with Crippen LogP contribution in [0.4, 0.5) is 0 Å². The summed E-state index contributed by atoms with van der Waals surface area (Å²) < 4.78 is 0. The lowest BCUT2D eigenvalue weighted by molar-refractivity contribution is -0.139. The van der Waals surface area contributed by atoms with Crippen molar-refractivity contribution in [1.82, 2.24) is 4.98 Å². The molecule has 1 heterocycles. The zero-order valence-corrected chi connectivity index (χ0v) is 7.97. The zero-order chi connectivity index (χ0) is 10.8. The normalized spacial score (nSPS) is 12.9. The van der Waals surface area contributed by atoms with E-state index in [-0.39, 0.29) is 6.42 Å². The van der Waals surface area contributed by atoms with Crippen molar-refractivity contribution in [3.8, 4) is 0 Å². The number of para-hydroxylation sites is 1. The number of aliphatic carboxylic acids is 1. The summed E-state index contributed by atoms with van der Waals surface area (Å²) in [6.45, 7) is 0. The van der Waals surface area contributed by atoms with Crippen LogP contribution < -0.4 is 0 Å². The second kappa shape index (κ2) is 3.74. The van der Waals surface area contributed by atoms with E-state index in [9.17, 15) is 9.90 Å². The number of carboxylic acid groups (broad SMARTS) is 1. The van der Waals surface area contributed by atoms with Gasteiger partial charge in [0, 0.05) is 22.7 Å². The van der Waals surface area contributed by atoms with Crippen LogP contribution in [0.3, 0.4) is 0 Å². The van der Waals surface area contributed by atoms with Crippen molar-refractivity contribution in [2.75, 3.05) is 0 Å². The number of fused-ring (bicyclic) bond motifs is 1. The summed E-state index contributed by atoms with van der Waals surface area (Å²) in [5, 5.41) is 19.1. The van der Waals surface area contributed by atoms with Crippen LogP contribution in [0.1, 0.15) is 18.1 Å². The Hall–Kier alpha value is -1.81. The van der Waals surface area contributed by atoms with E-state index in [1.807, 2.05) is 24.3 Å². The maximum Gasteiger partial charge on any atom is 0.306 e. The lowest BCUT2D eigenvalue weighted by atomic mass is 10.1. The van der Waals surface area contributed by atoms with E-state index in [0.29, 0.717) is 5.56 Å². The third-order valence-corrected chi connectivity index (χ3v) is 2.35. The molecule has 0 fully saturated rings. The van der Waals surface area contributed by atoms with Crippen LogP contribution in [0.15, 0.2) is 30.5 Å². The van der Waals surface area contributed by atoms with Crippen molar-refractivity contribution >= 4 is 16.9 Å². The summed E-state index contributed by atoms with van der Waals surface area (Å²) >= 11 is 0. The molecule has 0 aliphatic heterocycles. The van der Waals surface area contributed by atoms with Gasteiger partial charge in [0.1, 0.15) is 0 Å². The minimum atomic E-state index is -1.01. The molecule has 15 heavy (non-hydrogen) atoms. The average Bonchev–Trinajstić information content (AvgIpc) is 2.59. The Morgan fingerprint density at radius 2 is 2.13 bits per heavy atom. The second-order valence-electron chi connectivity index (χ2n) is 3.40. The van der Waals surface area contributed by atoms with Crippen molar-refractivity contribution < 1.29 is 15.0 Å². The van der Waals surface area contributed by atoms with Gasteiger partial charge in [-0.2, -0.15) is 0 Å². The fourth-order valence-corrected chi connectivity index (χ4v) is 1.65. The molecule has 4 heteroatoms. The number of hydrogen-bond donors (Lipinski definition) is 3. The van der Waals surface area contributed by atoms with Crippen LogP contribution in [0, 0.1) is 0 Å². The van der Waals surface area contributed by atoms with Gasteiger partial charge >= 0.3 is 5.97 Å². The third kappa shape index (κ3) is 1.85. The predicted octanol–water partition coefficient (Wildman–Crippen LogP) is 1.68. The molecule has 1 aromatic heterocycles. The van der Waals surface area contributed by atoms with Crippen molar-refractivity contribution in [2.24, 2.45) is 0 Å². The van der Waals surface area contributed by atoms with Gasteiger partial charge in [0.25, 0.3) is 0 Å². The molecule has 1 aromatic carbocycles.